The summed E-state index contributed by atoms with van der Waals surface area (Å²) in [5, 5.41) is 11.0. The van der Waals surface area contributed by atoms with E-state index in [4.69, 9.17) is 9.72 Å². The predicted octanol–water partition coefficient (Wildman–Crippen LogP) is 2.78. The summed E-state index contributed by atoms with van der Waals surface area (Å²) < 4.78 is 5.11. The third-order valence-electron chi connectivity index (χ3n) is 5.15. The van der Waals surface area contributed by atoms with Gasteiger partial charge in [0.2, 0.25) is 0 Å². The van der Waals surface area contributed by atoms with Crippen molar-refractivity contribution in [3.63, 3.8) is 0 Å². The van der Waals surface area contributed by atoms with Crippen LogP contribution in [0.15, 0.2) is 4.79 Å². The first-order chi connectivity index (χ1) is 14.0. The van der Waals surface area contributed by atoms with Gasteiger partial charge in [0.15, 0.2) is 0 Å². The molecule has 3 rings (SSSR count). The zero-order valence-corrected chi connectivity index (χ0v) is 18.1. The van der Waals surface area contributed by atoms with Crippen molar-refractivity contribution in [2.75, 3.05) is 19.7 Å². The molecule has 2 N–H and O–H groups in total. The zero-order valence-electron chi connectivity index (χ0n) is 17.3. The Bertz CT molecular complexity index is 892. The number of hydrogen-bond acceptors (Lipinski definition) is 7. The van der Waals surface area contributed by atoms with Gasteiger partial charge < -0.3 is 14.8 Å². The highest BCUT2D eigenvalue weighted by atomic mass is 32.1. The number of ether oxygens (including phenoxy) is 1. The Balaban J connectivity index is 1.69. The molecule has 0 fully saturated rings. The Labute approximate surface area is 175 Å². The first kappa shape index (κ1) is 21.9. The molecule has 160 valence electrons. The lowest BCUT2D eigenvalue weighted by molar-refractivity contribution is -0.147. The molecule has 0 radical (unpaired) electrons. The summed E-state index contributed by atoms with van der Waals surface area (Å²) >= 11 is 1.64. The van der Waals surface area contributed by atoms with E-state index in [-0.39, 0.29) is 18.1 Å². The Kier molecular flexibility index (Phi) is 7.80. The van der Waals surface area contributed by atoms with Gasteiger partial charge in [-0.15, -0.1) is 11.3 Å². The number of aromatic amines is 1. The number of fused-ring (bicyclic) bond motifs is 3. The van der Waals surface area contributed by atoms with Crippen LogP contribution < -0.4 is 5.56 Å². The molecule has 0 amide bonds. The predicted molar refractivity (Wildman–Crippen MR) is 114 cm³/mol. The van der Waals surface area contributed by atoms with Crippen LogP contribution in [0.3, 0.4) is 0 Å². The van der Waals surface area contributed by atoms with Crippen LogP contribution in [0.2, 0.25) is 0 Å². The first-order valence-corrected chi connectivity index (χ1v) is 11.4. The summed E-state index contributed by atoms with van der Waals surface area (Å²) in [6, 6.07) is 0. The largest absolute Gasteiger partial charge is 0.463 e. The van der Waals surface area contributed by atoms with Crippen LogP contribution in [0.4, 0.5) is 0 Å². The Morgan fingerprint density at radius 1 is 1.31 bits per heavy atom. The lowest BCUT2D eigenvalue weighted by Crippen LogP contribution is -2.36. The normalized spacial score (nSPS) is 14.9. The molecule has 2 heterocycles. The Morgan fingerprint density at radius 2 is 2.10 bits per heavy atom. The molecule has 0 aliphatic heterocycles. The number of nitrogens with one attached hydrogen (secondary N) is 1. The molecule has 0 unspecified atom stereocenters. The minimum absolute atomic E-state index is 0.0142. The topological polar surface area (TPSA) is 95.5 Å². The van der Waals surface area contributed by atoms with Crippen molar-refractivity contribution >= 4 is 27.5 Å². The minimum atomic E-state index is -0.771. The molecule has 0 spiro atoms. The quantitative estimate of drug-likeness (QED) is 0.573. The minimum Gasteiger partial charge on any atom is -0.463 e. The number of hydrogen-bond donors (Lipinski definition) is 2. The van der Waals surface area contributed by atoms with Crippen molar-refractivity contribution < 1.29 is 14.6 Å². The molecule has 0 bridgehead atoms. The van der Waals surface area contributed by atoms with Gasteiger partial charge >= 0.3 is 5.97 Å². The summed E-state index contributed by atoms with van der Waals surface area (Å²) in [4.78, 5) is 36.0. The van der Waals surface area contributed by atoms with E-state index in [0.717, 1.165) is 48.9 Å². The number of thiophene rings is 1. The van der Waals surface area contributed by atoms with Gasteiger partial charge in [-0.25, -0.2) is 4.98 Å². The third kappa shape index (κ3) is 5.65. The Hall–Kier alpha value is -1.77. The van der Waals surface area contributed by atoms with Crippen molar-refractivity contribution in [2.24, 2.45) is 0 Å². The van der Waals surface area contributed by atoms with Crippen molar-refractivity contribution in [3.8, 4) is 0 Å². The van der Waals surface area contributed by atoms with E-state index in [1.807, 2.05) is 11.8 Å². The fourth-order valence-electron chi connectivity index (χ4n) is 3.86. The number of rotatable bonds is 10. The molecule has 8 heteroatoms. The van der Waals surface area contributed by atoms with Gasteiger partial charge in [0.1, 0.15) is 23.4 Å². The highest BCUT2D eigenvalue weighted by molar-refractivity contribution is 7.18. The second-order valence-corrected chi connectivity index (χ2v) is 8.81. The fourth-order valence-corrected chi connectivity index (χ4v) is 5.14. The maximum Gasteiger partial charge on any atom is 0.305 e. The molecular formula is C21H31N3O4S. The van der Waals surface area contributed by atoms with E-state index < -0.39 is 6.10 Å². The van der Waals surface area contributed by atoms with E-state index in [1.165, 1.54) is 16.9 Å². The lowest BCUT2D eigenvalue weighted by atomic mass is 9.97. The number of aryl methyl sites for hydroxylation is 2. The average Bonchev–Trinajstić information content (AvgIpc) is 3.05. The summed E-state index contributed by atoms with van der Waals surface area (Å²) in [5.74, 6) is 0.330. The number of nitrogens with zero attached hydrogens (tertiary/aromatic N) is 2. The standard InChI is InChI=1S/C21H31N3O4S/c1-3-7-18(26)28-13-14(25)11-24(10-4-2)12-17-22-20(27)19-15-8-5-6-9-16(15)29-21(19)23-17/h14,25H,3-13H2,1-2H3,(H,22,23,27)/t14-/m1/s1. The maximum atomic E-state index is 12.7. The number of carbonyl (C=O) groups is 1. The van der Waals surface area contributed by atoms with Crippen LogP contribution in [0.5, 0.6) is 0 Å². The van der Waals surface area contributed by atoms with E-state index in [1.54, 1.807) is 11.3 Å². The summed E-state index contributed by atoms with van der Waals surface area (Å²) in [6.07, 6.45) is 5.53. The number of esters is 1. The fraction of sp³-hybridized carbons (Fsp3) is 0.667. The molecule has 1 aliphatic rings. The van der Waals surface area contributed by atoms with Crippen LogP contribution in [0.1, 0.15) is 62.2 Å². The number of carbonyl (C=O) groups excluding carboxylic acids is 1. The average molecular weight is 422 g/mol. The SMILES string of the molecule is CCCC(=O)OC[C@H](O)CN(CCC)Cc1nc2sc3c(c2c(=O)[nH]1)CCCC3. The zero-order chi connectivity index (χ0) is 20.8. The van der Waals surface area contributed by atoms with Crippen LogP contribution in [-0.4, -0.2) is 51.7 Å². The van der Waals surface area contributed by atoms with Gasteiger partial charge in [-0.3, -0.25) is 14.5 Å². The van der Waals surface area contributed by atoms with Crippen LogP contribution in [-0.2, 0) is 28.9 Å². The second kappa shape index (κ2) is 10.3. The molecule has 0 saturated heterocycles. The van der Waals surface area contributed by atoms with Crippen LogP contribution >= 0.6 is 11.3 Å². The van der Waals surface area contributed by atoms with Gasteiger partial charge in [-0.05, 0) is 50.6 Å². The second-order valence-electron chi connectivity index (χ2n) is 7.73. The molecule has 7 nitrogen and oxygen atoms in total. The summed E-state index contributed by atoms with van der Waals surface area (Å²) in [7, 11) is 0. The molecule has 2 aromatic heterocycles. The van der Waals surface area contributed by atoms with E-state index in [2.05, 4.69) is 11.9 Å². The first-order valence-electron chi connectivity index (χ1n) is 10.6. The molecule has 0 aromatic carbocycles. The van der Waals surface area contributed by atoms with Gasteiger partial charge in [0.25, 0.3) is 5.56 Å². The summed E-state index contributed by atoms with van der Waals surface area (Å²) in [6.45, 7) is 5.52. The van der Waals surface area contributed by atoms with Crippen molar-refractivity contribution in [1.29, 1.82) is 0 Å². The molecule has 2 aromatic rings. The van der Waals surface area contributed by atoms with Crippen LogP contribution in [0.25, 0.3) is 10.2 Å². The van der Waals surface area contributed by atoms with E-state index in [9.17, 15) is 14.7 Å². The number of H-pyrrole nitrogens is 1. The van der Waals surface area contributed by atoms with Gasteiger partial charge in [0.05, 0.1) is 11.9 Å². The smallest absolute Gasteiger partial charge is 0.305 e. The summed E-state index contributed by atoms with van der Waals surface area (Å²) in [5.41, 5.74) is 1.13. The highest BCUT2D eigenvalue weighted by Gasteiger charge is 2.21. The molecular weight excluding hydrogens is 390 g/mol. The number of aliphatic hydroxyl groups excluding tert-OH is 1. The van der Waals surface area contributed by atoms with Crippen molar-refractivity contribution in [3.05, 3.63) is 26.6 Å². The number of aromatic nitrogens is 2. The molecule has 0 saturated carbocycles. The Morgan fingerprint density at radius 3 is 2.86 bits per heavy atom. The van der Waals surface area contributed by atoms with Crippen molar-refractivity contribution in [1.82, 2.24) is 14.9 Å². The van der Waals surface area contributed by atoms with E-state index in [0.29, 0.717) is 25.3 Å². The third-order valence-corrected chi connectivity index (χ3v) is 6.33. The highest BCUT2D eigenvalue weighted by Crippen LogP contribution is 2.33. The monoisotopic (exact) mass is 421 g/mol. The molecule has 29 heavy (non-hydrogen) atoms. The molecule has 1 aliphatic carbocycles. The van der Waals surface area contributed by atoms with Crippen LogP contribution in [0, 0.1) is 0 Å². The van der Waals surface area contributed by atoms with Crippen molar-refractivity contribution in [2.45, 2.75) is 71.4 Å². The van der Waals surface area contributed by atoms with E-state index >= 15 is 0 Å². The molecule has 1 atom stereocenters. The van der Waals surface area contributed by atoms with Gasteiger partial charge in [-0.2, -0.15) is 0 Å². The maximum absolute atomic E-state index is 12.7. The van der Waals surface area contributed by atoms with Gasteiger partial charge in [-0.1, -0.05) is 13.8 Å². The van der Waals surface area contributed by atoms with Gasteiger partial charge in [0, 0.05) is 17.8 Å². The lowest BCUT2D eigenvalue weighted by Gasteiger charge is -2.24. The number of aliphatic hydroxyl groups is 1.